The van der Waals surface area contributed by atoms with Gasteiger partial charge in [-0.05, 0) is 60.9 Å². The maximum Gasteiger partial charge on any atom is 0.344 e. The number of fused-ring (bicyclic) bond motifs is 1. The molecule has 0 N–H and O–H groups in total. The normalized spacial score (nSPS) is 14.0. The molecule has 0 saturated heterocycles. The standard InChI is InChI=1S/C19H18N2O4S/c1-12(18-20-21-19(25-18)16-6-3-9-26-16)24-17(22)11-23-15-8-7-13-4-2-5-14(13)10-15/h3,6-10,12H,2,4-5,11H2,1H3/t12-/m0/s1. The van der Waals surface area contributed by atoms with Crippen molar-refractivity contribution < 1.29 is 18.7 Å². The summed E-state index contributed by atoms with van der Waals surface area (Å²) >= 11 is 1.51. The fourth-order valence-electron chi connectivity index (χ4n) is 2.96. The number of esters is 1. The van der Waals surface area contributed by atoms with Crippen molar-refractivity contribution in [2.24, 2.45) is 0 Å². The number of thiophene rings is 1. The van der Waals surface area contributed by atoms with Gasteiger partial charge in [-0.25, -0.2) is 4.79 Å². The minimum absolute atomic E-state index is 0.158. The molecule has 1 aromatic carbocycles. The Bertz CT molecular complexity index is 904. The Morgan fingerprint density at radius 3 is 3.00 bits per heavy atom. The highest BCUT2D eigenvalue weighted by Gasteiger charge is 2.20. The van der Waals surface area contributed by atoms with Gasteiger partial charge in [0, 0.05) is 0 Å². The van der Waals surface area contributed by atoms with Crippen LogP contribution in [0.3, 0.4) is 0 Å². The first-order chi connectivity index (χ1) is 12.7. The molecule has 1 aliphatic rings. The molecule has 7 heteroatoms. The summed E-state index contributed by atoms with van der Waals surface area (Å²) in [5, 5.41) is 9.87. The first-order valence-electron chi connectivity index (χ1n) is 8.50. The molecule has 2 aromatic heterocycles. The van der Waals surface area contributed by atoms with Gasteiger partial charge in [0.2, 0.25) is 0 Å². The molecule has 1 aliphatic carbocycles. The molecule has 26 heavy (non-hydrogen) atoms. The molecule has 2 heterocycles. The number of ether oxygens (including phenoxy) is 2. The molecule has 0 bridgehead atoms. The zero-order valence-electron chi connectivity index (χ0n) is 14.3. The summed E-state index contributed by atoms with van der Waals surface area (Å²) in [6.07, 6.45) is 2.73. The fraction of sp³-hybridized carbons (Fsp3) is 0.316. The maximum absolute atomic E-state index is 12.0. The van der Waals surface area contributed by atoms with Gasteiger partial charge in [0.15, 0.2) is 12.7 Å². The van der Waals surface area contributed by atoms with Crippen molar-refractivity contribution in [2.75, 3.05) is 6.61 Å². The van der Waals surface area contributed by atoms with Gasteiger partial charge in [-0.3, -0.25) is 0 Å². The van der Waals surface area contributed by atoms with Crippen molar-refractivity contribution in [1.29, 1.82) is 0 Å². The van der Waals surface area contributed by atoms with Crippen LogP contribution < -0.4 is 4.74 Å². The maximum atomic E-state index is 12.0. The number of benzene rings is 1. The van der Waals surface area contributed by atoms with E-state index in [0.717, 1.165) is 17.7 Å². The molecule has 0 aliphatic heterocycles. The van der Waals surface area contributed by atoms with E-state index in [0.29, 0.717) is 11.6 Å². The number of hydrogen-bond acceptors (Lipinski definition) is 7. The zero-order chi connectivity index (χ0) is 17.9. The van der Waals surface area contributed by atoms with Gasteiger partial charge in [0.05, 0.1) is 4.88 Å². The van der Waals surface area contributed by atoms with E-state index in [1.165, 1.54) is 28.9 Å². The lowest BCUT2D eigenvalue weighted by Crippen LogP contribution is -2.17. The van der Waals surface area contributed by atoms with Crippen LogP contribution in [0.2, 0.25) is 0 Å². The minimum Gasteiger partial charge on any atom is -0.482 e. The summed E-state index contributed by atoms with van der Waals surface area (Å²) in [5.74, 6) is 0.897. The Morgan fingerprint density at radius 2 is 2.15 bits per heavy atom. The van der Waals surface area contributed by atoms with Crippen molar-refractivity contribution in [2.45, 2.75) is 32.3 Å². The number of carbonyl (C=O) groups is 1. The molecule has 0 amide bonds. The van der Waals surface area contributed by atoms with Crippen molar-refractivity contribution in [3.8, 4) is 16.5 Å². The smallest absolute Gasteiger partial charge is 0.344 e. The summed E-state index contributed by atoms with van der Waals surface area (Å²) < 4.78 is 16.5. The number of nitrogens with zero attached hydrogens (tertiary/aromatic N) is 2. The first-order valence-corrected chi connectivity index (χ1v) is 9.38. The van der Waals surface area contributed by atoms with Crippen LogP contribution in [0.1, 0.15) is 36.5 Å². The van der Waals surface area contributed by atoms with E-state index in [9.17, 15) is 4.79 Å². The highest BCUT2D eigenvalue weighted by atomic mass is 32.1. The molecule has 1 atom stereocenters. The van der Waals surface area contributed by atoms with Crippen LogP contribution in [0.4, 0.5) is 0 Å². The number of rotatable bonds is 6. The third kappa shape index (κ3) is 3.62. The van der Waals surface area contributed by atoms with Gasteiger partial charge >= 0.3 is 5.97 Å². The summed E-state index contributed by atoms with van der Waals surface area (Å²) in [6, 6.07) is 9.76. The highest BCUT2D eigenvalue weighted by molar-refractivity contribution is 7.13. The summed E-state index contributed by atoms with van der Waals surface area (Å²) in [4.78, 5) is 12.9. The highest BCUT2D eigenvalue weighted by Crippen LogP contribution is 2.27. The Balaban J connectivity index is 1.31. The van der Waals surface area contributed by atoms with E-state index in [1.54, 1.807) is 6.92 Å². The van der Waals surface area contributed by atoms with E-state index in [1.807, 2.05) is 29.6 Å². The van der Waals surface area contributed by atoms with Crippen LogP contribution in [-0.2, 0) is 22.4 Å². The van der Waals surface area contributed by atoms with Crippen molar-refractivity contribution in [1.82, 2.24) is 10.2 Å². The van der Waals surface area contributed by atoms with E-state index >= 15 is 0 Å². The van der Waals surface area contributed by atoms with E-state index in [-0.39, 0.29) is 12.5 Å². The molecular weight excluding hydrogens is 352 g/mol. The van der Waals surface area contributed by atoms with Gasteiger partial charge in [-0.1, -0.05) is 12.1 Å². The van der Waals surface area contributed by atoms with Gasteiger partial charge in [0.25, 0.3) is 11.8 Å². The Labute approximate surface area is 154 Å². The number of carbonyl (C=O) groups excluding carboxylic acids is 1. The second-order valence-corrected chi connectivity index (χ2v) is 7.08. The number of aryl methyl sites for hydroxylation is 2. The fourth-order valence-corrected chi connectivity index (χ4v) is 3.60. The van der Waals surface area contributed by atoms with E-state index < -0.39 is 12.1 Å². The third-order valence-electron chi connectivity index (χ3n) is 4.26. The summed E-state index contributed by atoms with van der Waals surface area (Å²) in [6.45, 7) is 1.54. The molecule has 6 nitrogen and oxygen atoms in total. The van der Waals surface area contributed by atoms with Crippen LogP contribution in [-0.4, -0.2) is 22.8 Å². The van der Waals surface area contributed by atoms with Crippen LogP contribution >= 0.6 is 11.3 Å². The molecule has 0 unspecified atom stereocenters. The number of hydrogen-bond donors (Lipinski definition) is 0. The quantitative estimate of drug-likeness (QED) is 0.611. The molecule has 0 spiro atoms. The van der Waals surface area contributed by atoms with E-state index in [4.69, 9.17) is 13.9 Å². The van der Waals surface area contributed by atoms with Gasteiger partial charge in [0.1, 0.15) is 5.75 Å². The average molecular weight is 370 g/mol. The van der Waals surface area contributed by atoms with Crippen LogP contribution in [0.5, 0.6) is 5.75 Å². The molecule has 0 saturated carbocycles. The first kappa shape index (κ1) is 16.8. The molecule has 0 fully saturated rings. The van der Waals surface area contributed by atoms with Gasteiger partial charge in [-0.2, -0.15) is 0 Å². The molecular formula is C19H18N2O4S. The van der Waals surface area contributed by atoms with Gasteiger partial charge in [-0.15, -0.1) is 21.5 Å². The molecule has 4 rings (SSSR count). The number of aromatic nitrogens is 2. The molecule has 134 valence electrons. The second-order valence-electron chi connectivity index (χ2n) is 6.13. The Kier molecular flexibility index (Phi) is 4.71. The Morgan fingerprint density at radius 1 is 1.27 bits per heavy atom. The van der Waals surface area contributed by atoms with Crippen molar-refractivity contribution >= 4 is 17.3 Å². The van der Waals surface area contributed by atoms with Crippen molar-refractivity contribution in [3.05, 3.63) is 52.7 Å². The SMILES string of the molecule is C[C@H](OC(=O)COc1ccc2c(c1)CCC2)c1nnc(-c2cccs2)o1. The van der Waals surface area contributed by atoms with Crippen LogP contribution in [0.15, 0.2) is 40.1 Å². The topological polar surface area (TPSA) is 74.5 Å². The molecule has 3 aromatic rings. The lowest BCUT2D eigenvalue weighted by Gasteiger charge is -2.11. The predicted molar refractivity (Wildman–Crippen MR) is 96.1 cm³/mol. The van der Waals surface area contributed by atoms with Crippen LogP contribution in [0, 0.1) is 0 Å². The Hall–Kier alpha value is -2.67. The minimum atomic E-state index is -0.632. The van der Waals surface area contributed by atoms with Crippen molar-refractivity contribution in [3.63, 3.8) is 0 Å². The third-order valence-corrected chi connectivity index (χ3v) is 5.11. The lowest BCUT2D eigenvalue weighted by molar-refractivity contribution is -0.152. The van der Waals surface area contributed by atoms with Crippen LogP contribution in [0.25, 0.3) is 10.8 Å². The lowest BCUT2D eigenvalue weighted by atomic mass is 10.1. The van der Waals surface area contributed by atoms with E-state index in [2.05, 4.69) is 16.3 Å². The van der Waals surface area contributed by atoms with Gasteiger partial charge < -0.3 is 13.9 Å². The monoisotopic (exact) mass is 370 g/mol. The molecule has 0 radical (unpaired) electrons. The average Bonchev–Trinajstić information content (AvgIpc) is 3.40. The zero-order valence-corrected chi connectivity index (χ0v) is 15.1. The predicted octanol–water partition coefficient (Wildman–Crippen LogP) is 3.97. The second kappa shape index (κ2) is 7.29. The summed E-state index contributed by atoms with van der Waals surface area (Å²) in [7, 11) is 0. The largest absolute Gasteiger partial charge is 0.482 e. The summed E-state index contributed by atoms with van der Waals surface area (Å²) in [5.41, 5.74) is 2.67.